The minimum absolute atomic E-state index is 0.363. The number of urea groups is 1. The molecule has 1 aromatic heterocycles. The lowest BCUT2D eigenvalue weighted by atomic mass is 10.2. The number of nitrogens with zero attached hydrogens (tertiary/aromatic N) is 3. The van der Waals surface area contributed by atoms with Gasteiger partial charge in [0.2, 0.25) is 0 Å². The summed E-state index contributed by atoms with van der Waals surface area (Å²) in [4.78, 5) is 22.8. The van der Waals surface area contributed by atoms with E-state index >= 15 is 0 Å². The normalized spacial score (nSPS) is 13.6. The molecule has 0 bridgehead atoms. The number of carboxylic acid groups (broad SMARTS) is 1. The first-order chi connectivity index (χ1) is 9.45. The van der Waals surface area contributed by atoms with Crippen LogP contribution in [0.3, 0.4) is 0 Å². The third-order valence-corrected chi connectivity index (χ3v) is 3.34. The van der Waals surface area contributed by atoms with Crippen LogP contribution in [0, 0.1) is 0 Å². The number of carboxylic acids is 1. The first-order valence-corrected chi connectivity index (χ1v) is 7.47. The summed E-state index contributed by atoms with van der Waals surface area (Å²) in [5.74, 6) is 0.215. The number of aryl methyl sites for hydroxylation is 1. The molecule has 9 heteroatoms. The lowest BCUT2D eigenvalue weighted by Crippen LogP contribution is -2.47. The number of nitrogens with one attached hydrogen (secondary N) is 2. The third kappa shape index (κ3) is 4.72. The standard InChI is InChI=1S/C11H19N5O3S/c1-7(9-15-12-6-16(9)2)13-11(19)14-8(10(17)18)4-5-20-3/h6-8H,4-5H2,1-3H3,(H,17,18)(H2,13,14,19)/t7?,8-/m0/s1. The molecule has 0 aliphatic carbocycles. The number of aromatic nitrogens is 3. The maximum absolute atomic E-state index is 11.8. The lowest BCUT2D eigenvalue weighted by Gasteiger charge is -2.17. The van der Waals surface area contributed by atoms with Gasteiger partial charge in [-0.3, -0.25) is 0 Å². The van der Waals surface area contributed by atoms with Crippen LogP contribution in [-0.2, 0) is 11.8 Å². The van der Waals surface area contributed by atoms with Crippen molar-refractivity contribution in [3.63, 3.8) is 0 Å². The molecule has 0 saturated carbocycles. The molecule has 3 N–H and O–H groups in total. The Hall–Kier alpha value is -1.77. The highest BCUT2D eigenvalue weighted by molar-refractivity contribution is 7.98. The Labute approximate surface area is 121 Å². The summed E-state index contributed by atoms with van der Waals surface area (Å²) < 4.78 is 1.69. The SMILES string of the molecule is CSCC[C@H](NC(=O)NC(C)c1nncn1C)C(=O)O. The van der Waals surface area contributed by atoms with E-state index in [4.69, 9.17) is 5.11 Å². The highest BCUT2D eigenvalue weighted by Gasteiger charge is 2.21. The zero-order chi connectivity index (χ0) is 15.1. The Morgan fingerprint density at radius 2 is 2.20 bits per heavy atom. The number of rotatable bonds is 7. The number of hydrogen-bond donors (Lipinski definition) is 3. The van der Waals surface area contributed by atoms with E-state index < -0.39 is 18.0 Å². The molecular formula is C11H19N5O3S. The lowest BCUT2D eigenvalue weighted by molar-refractivity contribution is -0.139. The second-order valence-electron chi connectivity index (χ2n) is 4.31. The van der Waals surface area contributed by atoms with E-state index in [0.29, 0.717) is 18.0 Å². The molecule has 0 spiro atoms. The Morgan fingerprint density at radius 3 is 2.70 bits per heavy atom. The summed E-state index contributed by atoms with van der Waals surface area (Å²) >= 11 is 1.53. The molecule has 0 fully saturated rings. The average Bonchev–Trinajstić information content (AvgIpc) is 2.80. The van der Waals surface area contributed by atoms with E-state index in [1.54, 1.807) is 18.5 Å². The molecule has 0 aliphatic heterocycles. The Balaban J connectivity index is 2.53. The highest BCUT2D eigenvalue weighted by atomic mass is 32.2. The molecule has 0 saturated heterocycles. The second-order valence-corrected chi connectivity index (χ2v) is 5.30. The monoisotopic (exact) mass is 301 g/mol. The van der Waals surface area contributed by atoms with E-state index in [0.717, 1.165) is 0 Å². The van der Waals surface area contributed by atoms with Crippen LogP contribution in [0.25, 0.3) is 0 Å². The zero-order valence-electron chi connectivity index (χ0n) is 11.7. The third-order valence-electron chi connectivity index (χ3n) is 2.70. The summed E-state index contributed by atoms with van der Waals surface area (Å²) in [7, 11) is 1.77. The van der Waals surface area contributed by atoms with Gasteiger partial charge in [0.1, 0.15) is 12.4 Å². The van der Waals surface area contributed by atoms with Crippen LogP contribution in [0.2, 0.25) is 0 Å². The molecule has 1 rings (SSSR count). The second kappa shape index (κ2) is 7.73. The topological polar surface area (TPSA) is 109 Å². The van der Waals surface area contributed by atoms with Crippen LogP contribution in [0.1, 0.15) is 25.2 Å². The van der Waals surface area contributed by atoms with Crippen molar-refractivity contribution in [2.75, 3.05) is 12.0 Å². The van der Waals surface area contributed by atoms with Crippen LogP contribution in [0.4, 0.5) is 4.79 Å². The molecule has 0 aliphatic rings. The summed E-state index contributed by atoms with van der Waals surface area (Å²) in [5, 5.41) is 21.7. The van der Waals surface area contributed by atoms with Crippen LogP contribution in [0.15, 0.2) is 6.33 Å². The predicted octanol–water partition coefficient (Wildman–Crippen LogP) is 0.382. The summed E-state index contributed by atoms with van der Waals surface area (Å²) in [5.41, 5.74) is 0. The van der Waals surface area contributed by atoms with Gasteiger partial charge in [-0.05, 0) is 25.4 Å². The largest absolute Gasteiger partial charge is 0.480 e. The quantitative estimate of drug-likeness (QED) is 0.672. The number of carbonyl (C=O) groups is 2. The fraction of sp³-hybridized carbons (Fsp3) is 0.636. The van der Waals surface area contributed by atoms with Crippen molar-refractivity contribution in [1.82, 2.24) is 25.4 Å². The minimum Gasteiger partial charge on any atom is -0.480 e. The summed E-state index contributed by atoms with van der Waals surface area (Å²) in [6, 6.07) is -1.79. The zero-order valence-corrected chi connectivity index (χ0v) is 12.5. The first-order valence-electron chi connectivity index (χ1n) is 6.08. The van der Waals surface area contributed by atoms with Gasteiger partial charge in [-0.2, -0.15) is 11.8 Å². The molecule has 8 nitrogen and oxygen atoms in total. The maximum atomic E-state index is 11.8. The molecular weight excluding hydrogens is 282 g/mol. The molecule has 112 valence electrons. The number of aliphatic carboxylic acids is 1. The van der Waals surface area contributed by atoms with Crippen molar-refractivity contribution in [3.8, 4) is 0 Å². The van der Waals surface area contributed by atoms with E-state index in [-0.39, 0.29) is 6.04 Å². The molecule has 1 unspecified atom stereocenters. The van der Waals surface area contributed by atoms with Gasteiger partial charge < -0.3 is 20.3 Å². The average molecular weight is 301 g/mol. The van der Waals surface area contributed by atoms with Gasteiger partial charge in [-0.25, -0.2) is 9.59 Å². The van der Waals surface area contributed by atoms with Crippen LogP contribution < -0.4 is 10.6 Å². The summed E-state index contributed by atoms with van der Waals surface area (Å²) in [6.45, 7) is 1.75. The highest BCUT2D eigenvalue weighted by Crippen LogP contribution is 2.07. The molecule has 0 aromatic carbocycles. The van der Waals surface area contributed by atoms with Gasteiger partial charge in [0.05, 0.1) is 6.04 Å². The number of amides is 2. The van der Waals surface area contributed by atoms with Crippen molar-refractivity contribution in [2.24, 2.45) is 7.05 Å². The molecule has 0 radical (unpaired) electrons. The smallest absolute Gasteiger partial charge is 0.326 e. The van der Waals surface area contributed by atoms with E-state index in [2.05, 4.69) is 20.8 Å². The predicted molar refractivity (Wildman–Crippen MR) is 75.5 cm³/mol. The van der Waals surface area contributed by atoms with Crippen molar-refractivity contribution >= 4 is 23.8 Å². The van der Waals surface area contributed by atoms with Gasteiger partial charge in [0.15, 0.2) is 5.82 Å². The van der Waals surface area contributed by atoms with Crippen molar-refractivity contribution in [2.45, 2.75) is 25.4 Å². The molecule has 2 atom stereocenters. The molecule has 1 aromatic rings. The Bertz CT molecular complexity index is 465. The van der Waals surface area contributed by atoms with E-state index in [1.165, 1.54) is 18.1 Å². The minimum atomic E-state index is -1.04. The Kier molecular flexibility index (Phi) is 6.29. The first kappa shape index (κ1) is 16.3. The van der Waals surface area contributed by atoms with Crippen molar-refractivity contribution in [3.05, 3.63) is 12.2 Å². The number of hydrogen-bond acceptors (Lipinski definition) is 5. The van der Waals surface area contributed by atoms with E-state index in [9.17, 15) is 9.59 Å². The molecule has 1 heterocycles. The Morgan fingerprint density at radius 1 is 1.50 bits per heavy atom. The number of carbonyl (C=O) groups excluding carboxylic acids is 1. The summed E-state index contributed by atoms with van der Waals surface area (Å²) in [6.07, 6.45) is 3.79. The van der Waals surface area contributed by atoms with Gasteiger partial charge in [0, 0.05) is 7.05 Å². The van der Waals surface area contributed by atoms with Crippen molar-refractivity contribution in [1.29, 1.82) is 0 Å². The molecule has 20 heavy (non-hydrogen) atoms. The van der Waals surface area contributed by atoms with Gasteiger partial charge in [0.25, 0.3) is 0 Å². The van der Waals surface area contributed by atoms with Gasteiger partial charge in [-0.15, -0.1) is 10.2 Å². The molecule has 2 amide bonds. The van der Waals surface area contributed by atoms with Gasteiger partial charge in [-0.1, -0.05) is 0 Å². The van der Waals surface area contributed by atoms with Crippen LogP contribution >= 0.6 is 11.8 Å². The van der Waals surface area contributed by atoms with Gasteiger partial charge >= 0.3 is 12.0 Å². The van der Waals surface area contributed by atoms with Crippen LogP contribution in [0.5, 0.6) is 0 Å². The fourth-order valence-corrected chi connectivity index (χ4v) is 2.11. The number of thioether (sulfide) groups is 1. The fourth-order valence-electron chi connectivity index (χ4n) is 1.64. The maximum Gasteiger partial charge on any atom is 0.326 e. The van der Waals surface area contributed by atoms with E-state index in [1.807, 2.05) is 6.26 Å². The van der Waals surface area contributed by atoms with Crippen molar-refractivity contribution < 1.29 is 14.7 Å². The van der Waals surface area contributed by atoms with Crippen LogP contribution in [-0.4, -0.2) is 49.9 Å².